The van der Waals surface area contributed by atoms with Gasteiger partial charge in [-0.05, 0) is 24.6 Å². The van der Waals surface area contributed by atoms with Crippen LogP contribution >= 0.6 is 15.9 Å². The molecule has 0 spiro atoms. The van der Waals surface area contributed by atoms with E-state index in [0.717, 1.165) is 15.8 Å². The molecule has 0 bridgehead atoms. The number of amides is 1. The molecule has 1 aromatic rings. The van der Waals surface area contributed by atoms with E-state index in [1.54, 1.807) is 19.0 Å². The van der Waals surface area contributed by atoms with Crippen LogP contribution in [0, 0.1) is 0 Å². The first-order valence-corrected chi connectivity index (χ1v) is 6.65. The van der Waals surface area contributed by atoms with E-state index in [2.05, 4.69) is 15.9 Å². The van der Waals surface area contributed by atoms with Crippen LogP contribution in [0.15, 0.2) is 22.7 Å². The molecule has 1 rings (SSSR count). The van der Waals surface area contributed by atoms with Gasteiger partial charge in [0.15, 0.2) is 0 Å². The fraction of sp³-hybridized carbons (Fsp3) is 0.462. The molecule has 0 unspecified atom stereocenters. The Morgan fingerprint density at radius 2 is 2.17 bits per heavy atom. The van der Waals surface area contributed by atoms with Gasteiger partial charge in [-0.1, -0.05) is 15.9 Å². The summed E-state index contributed by atoms with van der Waals surface area (Å²) in [5, 5.41) is 0. The molecule has 18 heavy (non-hydrogen) atoms. The number of ether oxygens (including phenoxy) is 1. The maximum absolute atomic E-state index is 11.4. The van der Waals surface area contributed by atoms with Gasteiger partial charge in [-0.3, -0.25) is 4.79 Å². The molecule has 0 aliphatic carbocycles. The summed E-state index contributed by atoms with van der Waals surface area (Å²) in [4.78, 5) is 13.0. The quantitative estimate of drug-likeness (QED) is 0.819. The lowest BCUT2D eigenvalue weighted by Crippen LogP contribution is -2.21. The topological polar surface area (TPSA) is 55.6 Å². The van der Waals surface area contributed by atoms with E-state index in [1.165, 1.54) is 0 Å². The van der Waals surface area contributed by atoms with Crippen molar-refractivity contribution in [2.45, 2.75) is 19.4 Å². The van der Waals surface area contributed by atoms with E-state index in [-0.39, 0.29) is 5.91 Å². The minimum Gasteiger partial charge on any atom is -0.493 e. The highest BCUT2D eigenvalue weighted by Gasteiger charge is 2.05. The molecule has 5 heteroatoms. The fourth-order valence-electron chi connectivity index (χ4n) is 1.48. The molecule has 0 aromatic heterocycles. The summed E-state index contributed by atoms with van der Waals surface area (Å²) in [6.45, 7) is 0.958. The molecule has 1 amide bonds. The van der Waals surface area contributed by atoms with Gasteiger partial charge in [-0.15, -0.1) is 0 Å². The first-order chi connectivity index (χ1) is 8.54. The molecule has 0 fully saturated rings. The zero-order chi connectivity index (χ0) is 13.5. The Bertz CT molecular complexity index is 408. The van der Waals surface area contributed by atoms with Crippen molar-refractivity contribution in [2.24, 2.45) is 5.73 Å². The Labute approximate surface area is 116 Å². The standard InChI is InChI=1S/C13H19BrN2O2/c1-16(2)13(17)4-3-7-18-12-6-5-11(14)8-10(12)9-15/h5-6,8H,3-4,7,9,15H2,1-2H3. The number of hydrogen-bond donors (Lipinski definition) is 1. The smallest absolute Gasteiger partial charge is 0.222 e. The Balaban J connectivity index is 2.42. The van der Waals surface area contributed by atoms with Crippen LogP contribution in [0.25, 0.3) is 0 Å². The van der Waals surface area contributed by atoms with Crippen LogP contribution < -0.4 is 10.5 Å². The average Bonchev–Trinajstić information content (AvgIpc) is 2.35. The molecule has 0 heterocycles. The number of carbonyl (C=O) groups is 1. The zero-order valence-corrected chi connectivity index (χ0v) is 12.4. The van der Waals surface area contributed by atoms with E-state index in [0.29, 0.717) is 26.0 Å². The van der Waals surface area contributed by atoms with E-state index in [1.807, 2.05) is 18.2 Å². The van der Waals surface area contributed by atoms with E-state index < -0.39 is 0 Å². The van der Waals surface area contributed by atoms with E-state index in [4.69, 9.17) is 10.5 Å². The van der Waals surface area contributed by atoms with Gasteiger partial charge in [-0.2, -0.15) is 0 Å². The van der Waals surface area contributed by atoms with Crippen molar-refractivity contribution in [2.75, 3.05) is 20.7 Å². The largest absolute Gasteiger partial charge is 0.493 e. The predicted octanol–water partition coefficient (Wildman–Crippen LogP) is 2.16. The highest BCUT2D eigenvalue weighted by Crippen LogP contribution is 2.22. The highest BCUT2D eigenvalue weighted by atomic mass is 79.9. The van der Waals surface area contributed by atoms with Crippen LogP contribution in [0.2, 0.25) is 0 Å². The Morgan fingerprint density at radius 1 is 1.44 bits per heavy atom. The van der Waals surface area contributed by atoms with Crippen LogP contribution in [0.1, 0.15) is 18.4 Å². The van der Waals surface area contributed by atoms with Crippen molar-refractivity contribution in [1.29, 1.82) is 0 Å². The molecule has 0 aliphatic rings. The van der Waals surface area contributed by atoms with Crippen LogP contribution in [0.4, 0.5) is 0 Å². The second-order valence-corrected chi connectivity index (χ2v) is 5.11. The van der Waals surface area contributed by atoms with Crippen molar-refractivity contribution in [3.63, 3.8) is 0 Å². The number of nitrogens with two attached hydrogens (primary N) is 1. The minimum absolute atomic E-state index is 0.119. The summed E-state index contributed by atoms with van der Waals surface area (Å²) < 4.78 is 6.63. The number of benzene rings is 1. The summed E-state index contributed by atoms with van der Waals surface area (Å²) >= 11 is 3.39. The molecule has 4 nitrogen and oxygen atoms in total. The maximum atomic E-state index is 11.4. The molecule has 0 saturated carbocycles. The highest BCUT2D eigenvalue weighted by molar-refractivity contribution is 9.10. The number of carbonyl (C=O) groups excluding carboxylic acids is 1. The number of halogens is 1. The van der Waals surface area contributed by atoms with Crippen molar-refractivity contribution in [3.8, 4) is 5.75 Å². The minimum atomic E-state index is 0.119. The van der Waals surface area contributed by atoms with Crippen LogP contribution in [-0.2, 0) is 11.3 Å². The van der Waals surface area contributed by atoms with Gasteiger partial charge in [0, 0.05) is 37.1 Å². The summed E-state index contributed by atoms with van der Waals surface area (Å²) in [7, 11) is 3.51. The summed E-state index contributed by atoms with van der Waals surface area (Å²) in [5.41, 5.74) is 6.61. The van der Waals surface area contributed by atoms with Gasteiger partial charge < -0.3 is 15.4 Å². The molecule has 0 atom stereocenters. The second-order valence-electron chi connectivity index (χ2n) is 4.20. The van der Waals surface area contributed by atoms with Gasteiger partial charge in [0.1, 0.15) is 5.75 Å². The predicted molar refractivity (Wildman–Crippen MR) is 75.5 cm³/mol. The van der Waals surface area contributed by atoms with Gasteiger partial charge in [0.2, 0.25) is 5.91 Å². The number of hydrogen-bond acceptors (Lipinski definition) is 3. The van der Waals surface area contributed by atoms with Gasteiger partial charge in [0.25, 0.3) is 0 Å². The van der Waals surface area contributed by atoms with Crippen LogP contribution in [0.3, 0.4) is 0 Å². The lowest BCUT2D eigenvalue weighted by Gasteiger charge is -2.12. The van der Waals surface area contributed by atoms with Crippen LogP contribution in [0.5, 0.6) is 5.75 Å². The molecule has 0 radical (unpaired) electrons. The lowest BCUT2D eigenvalue weighted by atomic mass is 10.2. The van der Waals surface area contributed by atoms with Crippen molar-refractivity contribution < 1.29 is 9.53 Å². The molecular weight excluding hydrogens is 296 g/mol. The van der Waals surface area contributed by atoms with E-state index >= 15 is 0 Å². The van der Waals surface area contributed by atoms with Gasteiger partial charge >= 0.3 is 0 Å². The van der Waals surface area contributed by atoms with E-state index in [9.17, 15) is 4.79 Å². The van der Waals surface area contributed by atoms with Crippen LogP contribution in [-0.4, -0.2) is 31.5 Å². The average molecular weight is 315 g/mol. The van der Waals surface area contributed by atoms with Crippen molar-refractivity contribution >= 4 is 21.8 Å². The molecular formula is C13H19BrN2O2. The lowest BCUT2D eigenvalue weighted by molar-refractivity contribution is -0.128. The molecule has 1 aromatic carbocycles. The van der Waals surface area contributed by atoms with Gasteiger partial charge in [-0.25, -0.2) is 0 Å². The summed E-state index contributed by atoms with van der Waals surface area (Å²) in [5.74, 6) is 0.909. The zero-order valence-electron chi connectivity index (χ0n) is 10.8. The second kappa shape index (κ2) is 7.38. The Hall–Kier alpha value is -1.07. The molecule has 2 N–H and O–H groups in total. The summed E-state index contributed by atoms with van der Waals surface area (Å²) in [6, 6.07) is 5.75. The molecule has 100 valence electrons. The van der Waals surface area contributed by atoms with Crippen molar-refractivity contribution in [3.05, 3.63) is 28.2 Å². The third-order valence-electron chi connectivity index (χ3n) is 2.53. The maximum Gasteiger partial charge on any atom is 0.222 e. The number of nitrogens with zero attached hydrogens (tertiary/aromatic N) is 1. The third kappa shape index (κ3) is 4.66. The summed E-state index contributed by atoms with van der Waals surface area (Å²) in [6.07, 6.45) is 1.21. The third-order valence-corrected chi connectivity index (χ3v) is 3.03. The fourth-order valence-corrected chi connectivity index (χ4v) is 1.89. The SMILES string of the molecule is CN(C)C(=O)CCCOc1ccc(Br)cc1CN. The Morgan fingerprint density at radius 3 is 2.78 bits per heavy atom. The van der Waals surface area contributed by atoms with Crippen molar-refractivity contribution in [1.82, 2.24) is 4.90 Å². The van der Waals surface area contributed by atoms with Gasteiger partial charge in [0.05, 0.1) is 6.61 Å². The molecule has 0 saturated heterocycles. The normalized spacial score (nSPS) is 10.2. The first-order valence-electron chi connectivity index (χ1n) is 5.86. The Kier molecular flexibility index (Phi) is 6.15. The molecule has 0 aliphatic heterocycles. The monoisotopic (exact) mass is 314 g/mol. The first kappa shape index (κ1) is 15.0. The number of rotatable bonds is 6.